The summed E-state index contributed by atoms with van der Waals surface area (Å²) in [5.41, 5.74) is 10.5. The Morgan fingerprint density at radius 2 is 1.09 bits per heavy atom. The first-order valence-corrected chi connectivity index (χ1v) is 24.0. The fraction of sp³-hybridized carbons (Fsp3) is 0.449. The van der Waals surface area contributed by atoms with Crippen LogP contribution in [0.25, 0.3) is 0 Å². The minimum atomic E-state index is -4.41. The number of aromatic nitrogens is 6. The number of anilines is 6. The number of H-pyrrole nitrogens is 1. The number of aryl methyl sites for hydroxylation is 5. The number of nitrogens with zero attached hydrogens (tertiary/aromatic N) is 8. The van der Waals surface area contributed by atoms with Crippen LogP contribution in [0.3, 0.4) is 0 Å². The molecule has 6 heterocycles. The predicted molar refractivity (Wildman–Crippen MR) is 265 cm³/mol. The second-order valence-corrected chi connectivity index (χ2v) is 18.0. The van der Waals surface area contributed by atoms with Gasteiger partial charge in [0, 0.05) is 50.8 Å². The first-order valence-electron chi connectivity index (χ1n) is 22.7. The van der Waals surface area contributed by atoms with Crippen LogP contribution in [0.1, 0.15) is 52.6 Å². The van der Waals surface area contributed by atoms with Crippen molar-refractivity contribution < 1.29 is 45.5 Å². The van der Waals surface area contributed by atoms with E-state index in [1.165, 1.54) is 39.4 Å². The van der Waals surface area contributed by atoms with Gasteiger partial charge in [0.05, 0.1) is 60.8 Å². The highest BCUT2D eigenvalue weighted by Gasteiger charge is 2.35. The maximum Gasteiger partial charge on any atom is 0.398 e. The number of nitrogens with one attached hydrogen (secondary N) is 1. The van der Waals surface area contributed by atoms with Gasteiger partial charge in [-0.3, -0.25) is 18.8 Å². The van der Waals surface area contributed by atoms with Crippen molar-refractivity contribution in [3.63, 3.8) is 0 Å². The zero-order valence-electron chi connectivity index (χ0n) is 42.1. The van der Waals surface area contributed by atoms with Gasteiger partial charge in [-0.25, -0.2) is 13.1 Å². The Morgan fingerprint density at radius 1 is 0.638 bits per heavy atom. The van der Waals surface area contributed by atoms with Crippen molar-refractivity contribution in [3.05, 3.63) is 98.3 Å². The second kappa shape index (κ2) is 22.2. The molecule has 0 saturated carbocycles. The minimum Gasteiger partial charge on any atom is -0.726 e. The number of ether oxygens (including phenoxy) is 5. The van der Waals surface area contributed by atoms with E-state index in [0.717, 1.165) is 123 Å². The van der Waals surface area contributed by atoms with Crippen LogP contribution in [0.15, 0.2) is 59.4 Å². The molecule has 3 aliphatic heterocycles. The Balaban J connectivity index is 0.000000160. The maximum atomic E-state index is 12.1. The third-order valence-electron chi connectivity index (χ3n) is 12.6. The topological polar surface area (TPSA) is 187 Å². The van der Waals surface area contributed by atoms with Crippen molar-refractivity contribution >= 4 is 44.9 Å². The average Bonchev–Trinajstić information content (AvgIpc) is 3.93. The van der Waals surface area contributed by atoms with Gasteiger partial charge in [-0.2, -0.15) is 5.10 Å². The summed E-state index contributed by atoms with van der Waals surface area (Å²) in [5.74, 6) is 7.60. The van der Waals surface area contributed by atoms with Crippen LogP contribution in [-0.4, -0.2) is 99.5 Å². The lowest BCUT2D eigenvalue weighted by atomic mass is 10.0. The third-order valence-corrected chi connectivity index (χ3v) is 13.1. The highest BCUT2D eigenvalue weighted by Crippen LogP contribution is 2.41. The van der Waals surface area contributed by atoms with Gasteiger partial charge < -0.3 is 42.9 Å². The Kier molecular flexibility index (Phi) is 16.6. The molecule has 0 aliphatic carbocycles. The Bertz CT molecular complexity index is 2920. The van der Waals surface area contributed by atoms with Gasteiger partial charge in [-0.15, -0.1) is 4.68 Å². The standard InChI is InChI=1S/C17H24N3O2.C16H21N3O2.C15H19N3O2.CH4O4S/c1-12-11-13(21-4)8-9-15(12)20-10-6-7-14-16(20)18(2)19(3)17(14)22-5;1-11-10-12(20-3)7-8-14(11)19-9-5-6-13-15(19)17-18(2)16(13)21-4;1-10-9-11(20-3)6-7-13(10)18-8-4-5-12-14(18)16-17(2)15(12)19;1-5-6(2,3)4/h8-9,11H,6-7,10H2,1-5H3;7-8,10H,5-6,9H2,1-4H3;6-7,9,16H,4-5,8H2,1-3H3;1H3,(H,2,3,4)/q+1;;;/p-1. The quantitative estimate of drug-likeness (QED) is 0.0967. The number of fused-ring (bicyclic) bond motifs is 3. The van der Waals surface area contributed by atoms with E-state index in [2.05, 4.69) is 96.6 Å². The molecule has 0 atom stereocenters. The van der Waals surface area contributed by atoms with Crippen molar-refractivity contribution in [1.29, 1.82) is 0 Å². The van der Waals surface area contributed by atoms with Gasteiger partial charge in [0.2, 0.25) is 16.3 Å². The molecule has 69 heavy (non-hydrogen) atoms. The molecule has 20 heteroatoms. The number of rotatable bonds is 9. The smallest absolute Gasteiger partial charge is 0.398 e. The van der Waals surface area contributed by atoms with Gasteiger partial charge in [-0.1, -0.05) is 4.68 Å². The van der Waals surface area contributed by atoms with E-state index in [1.54, 1.807) is 47.3 Å². The van der Waals surface area contributed by atoms with E-state index in [1.807, 2.05) is 43.0 Å². The molecule has 0 saturated heterocycles. The second-order valence-electron chi connectivity index (χ2n) is 16.9. The number of benzene rings is 3. The molecule has 3 aromatic heterocycles. The molecule has 374 valence electrons. The average molecular weight is 974 g/mol. The molecule has 0 spiro atoms. The van der Waals surface area contributed by atoms with E-state index in [4.69, 9.17) is 23.7 Å². The molecule has 0 radical (unpaired) electrons. The summed E-state index contributed by atoms with van der Waals surface area (Å²) in [6.07, 6.45) is 6.12. The first kappa shape index (κ1) is 51.7. The van der Waals surface area contributed by atoms with E-state index in [0.29, 0.717) is 0 Å². The Morgan fingerprint density at radius 3 is 1.55 bits per heavy atom. The van der Waals surface area contributed by atoms with Gasteiger partial charge in [-0.05, 0) is 131 Å². The summed E-state index contributed by atoms with van der Waals surface area (Å²) in [6, 6.07) is 18.4. The molecule has 3 aromatic carbocycles. The molecular formula is C49H67N9O10S. The van der Waals surface area contributed by atoms with Crippen LogP contribution >= 0.6 is 0 Å². The SMILES string of the molecule is COS(=O)(=O)[O-].COc1ccc(N2CCCc3c2[nH]n(C)c3=O)c(C)c1.COc1ccc(N2CCCc3c2n(C)[n+](C)c3OC)c(C)c1.COc1ccc(N2CCCc3c2nn(C)c3OC)c(C)c1. The first-order chi connectivity index (χ1) is 32.9. The molecule has 19 nitrogen and oxygen atoms in total. The molecule has 0 amide bonds. The lowest BCUT2D eigenvalue weighted by molar-refractivity contribution is -0.753. The fourth-order valence-corrected chi connectivity index (χ4v) is 9.28. The summed E-state index contributed by atoms with van der Waals surface area (Å²) in [5, 5.41) is 7.82. The minimum absolute atomic E-state index is 0.0795. The lowest BCUT2D eigenvalue weighted by Crippen LogP contribution is -2.39. The molecule has 1 N–H and O–H groups in total. The summed E-state index contributed by atoms with van der Waals surface area (Å²) in [4.78, 5) is 18.9. The van der Waals surface area contributed by atoms with Crippen molar-refractivity contribution in [2.45, 2.75) is 59.3 Å². The van der Waals surface area contributed by atoms with Crippen LogP contribution in [0, 0.1) is 20.8 Å². The lowest BCUT2D eigenvalue weighted by Gasteiger charge is -2.29. The van der Waals surface area contributed by atoms with E-state index in [-0.39, 0.29) is 5.56 Å². The van der Waals surface area contributed by atoms with Gasteiger partial charge in [0.1, 0.15) is 28.6 Å². The van der Waals surface area contributed by atoms with Crippen molar-refractivity contribution in [2.75, 3.05) is 77.0 Å². The predicted octanol–water partition coefficient (Wildman–Crippen LogP) is 6.30. The highest BCUT2D eigenvalue weighted by molar-refractivity contribution is 7.80. The molecular weight excluding hydrogens is 907 g/mol. The normalized spacial score (nSPS) is 13.9. The zero-order chi connectivity index (χ0) is 50.3. The van der Waals surface area contributed by atoms with Gasteiger partial charge in [0.25, 0.3) is 5.56 Å². The van der Waals surface area contributed by atoms with E-state index >= 15 is 0 Å². The van der Waals surface area contributed by atoms with E-state index < -0.39 is 10.4 Å². The number of hydrogen-bond donors (Lipinski definition) is 1. The molecule has 6 aromatic rings. The monoisotopic (exact) mass is 973 g/mol. The Hall–Kier alpha value is -6.64. The van der Waals surface area contributed by atoms with Crippen molar-refractivity contribution in [3.8, 4) is 29.0 Å². The number of hydrogen-bond acceptors (Lipinski definition) is 14. The largest absolute Gasteiger partial charge is 0.726 e. The van der Waals surface area contributed by atoms with Crippen LogP contribution in [0.5, 0.6) is 29.0 Å². The fourth-order valence-electron chi connectivity index (χ4n) is 9.28. The van der Waals surface area contributed by atoms with Crippen molar-refractivity contribution in [2.24, 2.45) is 28.2 Å². The van der Waals surface area contributed by atoms with Gasteiger partial charge >= 0.3 is 5.88 Å². The van der Waals surface area contributed by atoms with E-state index in [9.17, 15) is 17.8 Å². The van der Waals surface area contributed by atoms with Crippen molar-refractivity contribution in [1.82, 2.24) is 24.2 Å². The molecule has 0 fully saturated rings. The third kappa shape index (κ3) is 11.1. The van der Waals surface area contributed by atoms with Crippen LogP contribution in [-0.2, 0) is 62.0 Å². The van der Waals surface area contributed by atoms with Crippen LogP contribution in [0.4, 0.5) is 34.5 Å². The summed E-state index contributed by atoms with van der Waals surface area (Å²) in [7, 11) is 12.7. The summed E-state index contributed by atoms with van der Waals surface area (Å²) >= 11 is 0. The van der Waals surface area contributed by atoms with Gasteiger partial charge in [0.15, 0.2) is 18.7 Å². The number of methoxy groups -OCH3 is 5. The number of aromatic amines is 1. The zero-order valence-corrected chi connectivity index (χ0v) is 42.9. The summed E-state index contributed by atoms with van der Waals surface area (Å²) < 4.78 is 65.6. The maximum absolute atomic E-state index is 12.1. The van der Waals surface area contributed by atoms with Crippen LogP contribution in [0.2, 0.25) is 0 Å². The molecule has 0 unspecified atom stereocenters. The molecule has 0 bridgehead atoms. The highest BCUT2D eigenvalue weighted by atomic mass is 32.3. The summed E-state index contributed by atoms with van der Waals surface area (Å²) in [6.45, 7) is 9.20. The van der Waals surface area contributed by atoms with Crippen LogP contribution < -0.4 is 48.6 Å². The molecule has 3 aliphatic rings. The Labute approximate surface area is 405 Å². The molecule has 9 rings (SSSR count).